The summed E-state index contributed by atoms with van der Waals surface area (Å²) in [4.78, 5) is 11.8. The molecule has 0 aliphatic rings. The first kappa shape index (κ1) is 21.9. The summed E-state index contributed by atoms with van der Waals surface area (Å²) in [6, 6.07) is 5.03. The molecule has 4 nitrogen and oxygen atoms in total. The standard InChI is InChI=1S/C17H26ClF2NO3Si/c1-16(2,3)25-24-17(4,5)12-8-11(6-7-13(12)18)9-21(15(22)23)10-14(19)20/h6-8,14H,9-10,25H2,1-5H3,(H,22,23). The Balaban J connectivity index is 3.03. The fourth-order valence-corrected chi connectivity index (χ4v) is 3.50. The van der Waals surface area contributed by atoms with Gasteiger partial charge in [-0.25, -0.2) is 13.6 Å². The van der Waals surface area contributed by atoms with Crippen LogP contribution in [0.25, 0.3) is 0 Å². The lowest BCUT2D eigenvalue weighted by Crippen LogP contribution is -2.33. The molecule has 1 aromatic rings. The number of nitrogens with zero attached hydrogens (tertiary/aromatic N) is 1. The number of benzene rings is 1. The minimum Gasteiger partial charge on any atom is -0.465 e. The molecule has 1 N–H and O–H groups in total. The zero-order valence-corrected chi connectivity index (χ0v) is 17.4. The van der Waals surface area contributed by atoms with Crippen molar-refractivity contribution in [3.05, 3.63) is 34.3 Å². The van der Waals surface area contributed by atoms with Crippen molar-refractivity contribution in [1.82, 2.24) is 4.90 Å². The highest BCUT2D eigenvalue weighted by molar-refractivity contribution is 6.32. The maximum atomic E-state index is 12.6. The summed E-state index contributed by atoms with van der Waals surface area (Å²) in [7, 11) is -0.839. The summed E-state index contributed by atoms with van der Waals surface area (Å²) in [5.41, 5.74) is 0.686. The van der Waals surface area contributed by atoms with E-state index in [2.05, 4.69) is 20.8 Å². The van der Waals surface area contributed by atoms with Crippen LogP contribution in [0.3, 0.4) is 0 Å². The van der Waals surface area contributed by atoms with Gasteiger partial charge >= 0.3 is 6.09 Å². The first-order valence-electron chi connectivity index (χ1n) is 8.01. The lowest BCUT2D eigenvalue weighted by molar-refractivity contribution is 0.0766. The molecule has 0 radical (unpaired) electrons. The molecule has 0 heterocycles. The van der Waals surface area contributed by atoms with E-state index in [0.717, 1.165) is 5.56 Å². The van der Waals surface area contributed by atoms with Gasteiger partial charge in [0.15, 0.2) is 9.76 Å². The van der Waals surface area contributed by atoms with Gasteiger partial charge in [-0.15, -0.1) is 0 Å². The minimum absolute atomic E-state index is 0.110. The quantitative estimate of drug-likeness (QED) is 0.686. The van der Waals surface area contributed by atoms with Gasteiger partial charge in [-0.2, -0.15) is 0 Å². The van der Waals surface area contributed by atoms with Gasteiger partial charge in [-0.3, -0.25) is 4.90 Å². The van der Waals surface area contributed by atoms with E-state index in [9.17, 15) is 13.6 Å². The minimum atomic E-state index is -2.72. The largest absolute Gasteiger partial charge is 0.465 e. The van der Waals surface area contributed by atoms with Crippen LogP contribution in [0.5, 0.6) is 0 Å². The molecule has 0 aliphatic heterocycles. The fraction of sp³-hybridized carbons (Fsp3) is 0.588. The number of carbonyl (C=O) groups is 1. The van der Waals surface area contributed by atoms with Crippen LogP contribution in [-0.2, 0) is 16.6 Å². The Hall–Kier alpha value is -1.18. The molecule has 8 heteroatoms. The van der Waals surface area contributed by atoms with Gasteiger partial charge in [0.05, 0.1) is 12.1 Å². The Kier molecular flexibility index (Phi) is 7.40. The highest BCUT2D eigenvalue weighted by Crippen LogP contribution is 2.34. The van der Waals surface area contributed by atoms with Crippen LogP contribution >= 0.6 is 11.6 Å². The van der Waals surface area contributed by atoms with Crippen molar-refractivity contribution in [3.8, 4) is 0 Å². The predicted molar refractivity (Wildman–Crippen MR) is 98.3 cm³/mol. The zero-order valence-electron chi connectivity index (χ0n) is 15.3. The SMILES string of the molecule is CC(C)(C)[SiH2]OC(C)(C)c1cc(CN(CC(F)F)C(=O)O)ccc1Cl. The second kappa shape index (κ2) is 8.47. The summed E-state index contributed by atoms with van der Waals surface area (Å²) in [5, 5.41) is 9.71. The van der Waals surface area contributed by atoms with Crippen LogP contribution in [-0.4, -0.2) is 38.8 Å². The lowest BCUT2D eigenvalue weighted by Gasteiger charge is -2.31. The van der Waals surface area contributed by atoms with Crippen LogP contribution in [0.15, 0.2) is 18.2 Å². The van der Waals surface area contributed by atoms with E-state index < -0.39 is 34.4 Å². The van der Waals surface area contributed by atoms with Crippen LogP contribution < -0.4 is 0 Å². The monoisotopic (exact) mass is 393 g/mol. The first-order chi connectivity index (χ1) is 11.3. The Bertz CT molecular complexity index is 606. The van der Waals surface area contributed by atoms with Gasteiger partial charge < -0.3 is 9.53 Å². The zero-order chi connectivity index (χ0) is 19.4. The maximum absolute atomic E-state index is 12.6. The number of carboxylic acid groups (broad SMARTS) is 1. The van der Waals surface area contributed by atoms with Gasteiger partial charge in [-0.05, 0) is 36.6 Å². The third-order valence-corrected chi connectivity index (χ3v) is 5.61. The molecule has 0 spiro atoms. The summed E-state index contributed by atoms with van der Waals surface area (Å²) in [6.45, 7) is 9.20. The molecule has 25 heavy (non-hydrogen) atoms. The van der Waals surface area contributed by atoms with E-state index in [4.69, 9.17) is 21.1 Å². The highest BCUT2D eigenvalue weighted by atomic mass is 35.5. The molecule has 0 unspecified atom stereocenters. The first-order valence-corrected chi connectivity index (χ1v) is 9.67. The summed E-state index contributed by atoms with van der Waals surface area (Å²) < 4.78 is 31.2. The van der Waals surface area contributed by atoms with Crippen molar-refractivity contribution >= 4 is 27.5 Å². The third kappa shape index (κ3) is 7.29. The van der Waals surface area contributed by atoms with E-state index in [-0.39, 0.29) is 11.6 Å². The molecule has 1 rings (SSSR count). The molecule has 1 aromatic carbocycles. The number of alkyl halides is 2. The van der Waals surface area contributed by atoms with Crippen LogP contribution in [0.2, 0.25) is 10.1 Å². The van der Waals surface area contributed by atoms with Gasteiger partial charge in [0.2, 0.25) is 0 Å². The molecule has 0 aromatic heterocycles. The summed E-state index contributed by atoms with van der Waals surface area (Å²) in [6.07, 6.45) is -4.10. The van der Waals surface area contributed by atoms with E-state index in [0.29, 0.717) is 15.5 Å². The number of halogens is 3. The molecule has 142 valence electrons. The molecule has 1 amide bonds. The number of hydrogen-bond acceptors (Lipinski definition) is 2. The van der Waals surface area contributed by atoms with Gasteiger partial charge in [-0.1, -0.05) is 38.4 Å². The van der Waals surface area contributed by atoms with E-state index in [1.807, 2.05) is 13.8 Å². The van der Waals surface area contributed by atoms with Gasteiger partial charge in [0, 0.05) is 17.1 Å². The Morgan fingerprint density at radius 3 is 2.40 bits per heavy atom. The third-order valence-electron chi connectivity index (χ3n) is 3.55. The average Bonchev–Trinajstić information content (AvgIpc) is 2.45. The van der Waals surface area contributed by atoms with Crippen molar-refractivity contribution in [2.24, 2.45) is 0 Å². The maximum Gasteiger partial charge on any atom is 0.407 e. The van der Waals surface area contributed by atoms with Crippen molar-refractivity contribution in [1.29, 1.82) is 0 Å². The Morgan fingerprint density at radius 1 is 1.32 bits per heavy atom. The van der Waals surface area contributed by atoms with Crippen molar-refractivity contribution in [2.75, 3.05) is 6.54 Å². The fourth-order valence-electron chi connectivity index (χ4n) is 2.20. The highest BCUT2D eigenvalue weighted by Gasteiger charge is 2.27. The number of hydrogen-bond donors (Lipinski definition) is 1. The summed E-state index contributed by atoms with van der Waals surface area (Å²) in [5.74, 6) is 0. The average molecular weight is 394 g/mol. The predicted octanol–water partition coefficient (Wildman–Crippen LogP) is 4.64. The molecular weight excluding hydrogens is 368 g/mol. The molecule has 0 fully saturated rings. The molecule has 0 aliphatic carbocycles. The van der Waals surface area contributed by atoms with E-state index >= 15 is 0 Å². The number of amides is 1. The lowest BCUT2D eigenvalue weighted by atomic mass is 9.96. The van der Waals surface area contributed by atoms with Crippen LogP contribution in [0.4, 0.5) is 13.6 Å². The van der Waals surface area contributed by atoms with E-state index in [1.165, 1.54) is 0 Å². The molecular formula is C17H26ClF2NO3Si. The van der Waals surface area contributed by atoms with Gasteiger partial charge in [0.25, 0.3) is 6.43 Å². The van der Waals surface area contributed by atoms with Gasteiger partial charge in [0.1, 0.15) is 0 Å². The van der Waals surface area contributed by atoms with Crippen LogP contribution in [0.1, 0.15) is 45.7 Å². The Labute approximate surface area is 155 Å². The second-order valence-corrected chi connectivity index (χ2v) is 10.8. The summed E-state index contributed by atoms with van der Waals surface area (Å²) >= 11 is 6.30. The second-order valence-electron chi connectivity index (χ2n) is 7.73. The molecule has 0 atom stereocenters. The van der Waals surface area contributed by atoms with Crippen molar-refractivity contribution < 1.29 is 23.1 Å². The van der Waals surface area contributed by atoms with Crippen molar-refractivity contribution in [3.63, 3.8) is 0 Å². The molecule has 0 saturated carbocycles. The molecule has 0 bridgehead atoms. The normalized spacial score (nSPS) is 13.0. The number of rotatable bonds is 7. The smallest absolute Gasteiger partial charge is 0.407 e. The Morgan fingerprint density at radius 2 is 1.92 bits per heavy atom. The van der Waals surface area contributed by atoms with E-state index in [1.54, 1.807) is 18.2 Å². The van der Waals surface area contributed by atoms with Crippen LogP contribution in [0, 0.1) is 0 Å². The molecule has 0 saturated heterocycles. The van der Waals surface area contributed by atoms with Crippen molar-refractivity contribution in [2.45, 2.75) is 58.2 Å². The topological polar surface area (TPSA) is 49.8 Å².